The zero-order valence-corrected chi connectivity index (χ0v) is 8.31. The number of carboxylic acid groups (broad SMARTS) is 1. The average molecular weight is 225 g/mol. The maximum Gasteiger partial charge on any atom is 0.339 e. The first kappa shape index (κ1) is 12.1. The van der Waals surface area contributed by atoms with Gasteiger partial charge < -0.3 is 10.2 Å². The number of aliphatic carboxylic acids is 1. The molecule has 0 aliphatic rings. The Morgan fingerprint density at radius 3 is 2.38 bits per heavy atom. The summed E-state index contributed by atoms with van der Waals surface area (Å²) in [6.45, 7) is 0. The normalized spacial score (nSPS) is 14.1. The number of carboxylic acids is 1. The molecule has 0 aliphatic heterocycles. The quantitative estimate of drug-likeness (QED) is 0.555. The summed E-state index contributed by atoms with van der Waals surface area (Å²) in [4.78, 5) is 20.3. The van der Waals surface area contributed by atoms with Crippen molar-refractivity contribution in [1.29, 1.82) is 0 Å². The van der Waals surface area contributed by atoms with E-state index in [1.54, 1.807) is 30.3 Å². The molecule has 0 aromatic heterocycles. The van der Waals surface area contributed by atoms with Crippen molar-refractivity contribution in [3.63, 3.8) is 0 Å². The van der Waals surface area contributed by atoms with Gasteiger partial charge in [-0.1, -0.05) is 30.3 Å². The highest BCUT2D eigenvalue weighted by atomic mass is 16.6. The first-order valence-electron chi connectivity index (χ1n) is 4.60. The van der Waals surface area contributed by atoms with Gasteiger partial charge in [-0.15, -0.1) is 0 Å². The van der Waals surface area contributed by atoms with Crippen LogP contribution in [0.3, 0.4) is 0 Å². The summed E-state index contributed by atoms with van der Waals surface area (Å²) in [5.41, 5.74) is 0.615. The molecule has 6 heteroatoms. The molecule has 0 fully saturated rings. The van der Waals surface area contributed by atoms with Gasteiger partial charge >= 0.3 is 5.97 Å². The summed E-state index contributed by atoms with van der Waals surface area (Å²) >= 11 is 0. The Hall–Kier alpha value is -1.95. The lowest BCUT2D eigenvalue weighted by atomic mass is 10.0. The monoisotopic (exact) mass is 225 g/mol. The van der Waals surface area contributed by atoms with Crippen LogP contribution < -0.4 is 0 Å². The van der Waals surface area contributed by atoms with Crippen molar-refractivity contribution in [2.75, 3.05) is 0 Å². The third-order valence-corrected chi connectivity index (χ3v) is 2.18. The molecule has 1 aromatic rings. The highest BCUT2D eigenvalue weighted by Crippen LogP contribution is 2.09. The van der Waals surface area contributed by atoms with Gasteiger partial charge in [0.05, 0.1) is 0 Å². The molecule has 0 bridgehead atoms. The van der Waals surface area contributed by atoms with Crippen molar-refractivity contribution in [3.8, 4) is 0 Å². The molecule has 2 atom stereocenters. The summed E-state index contributed by atoms with van der Waals surface area (Å²) in [6.07, 6.45) is -2.10. The Labute approximate surface area is 91.3 Å². The lowest BCUT2D eigenvalue weighted by Crippen LogP contribution is -2.41. The predicted octanol–water partition coefficient (Wildman–Crippen LogP) is 0.320. The van der Waals surface area contributed by atoms with Crippen LogP contribution in [-0.4, -0.2) is 33.3 Å². The molecule has 0 heterocycles. The minimum atomic E-state index is -1.99. The average Bonchev–Trinajstić information content (AvgIpc) is 2.26. The third kappa shape index (κ3) is 3.03. The van der Waals surface area contributed by atoms with Crippen LogP contribution in [0.2, 0.25) is 0 Å². The molecular formula is C10H11NO5. The van der Waals surface area contributed by atoms with E-state index in [1.165, 1.54) is 0 Å². The zero-order chi connectivity index (χ0) is 12.1. The summed E-state index contributed by atoms with van der Waals surface area (Å²) in [5.74, 6) is -1.59. The van der Waals surface area contributed by atoms with E-state index >= 15 is 0 Å². The second-order valence-electron chi connectivity index (χ2n) is 3.33. The molecule has 0 radical (unpaired) electrons. The first-order valence-corrected chi connectivity index (χ1v) is 4.60. The lowest BCUT2D eigenvalue weighted by Gasteiger charge is -2.12. The smallest absolute Gasteiger partial charge is 0.339 e. The fourth-order valence-electron chi connectivity index (χ4n) is 1.32. The number of hydrogen-bond acceptors (Lipinski definition) is 4. The van der Waals surface area contributed by atoms with E-state index in [4.69, 9.17) is 5.11 Å². The Balaban J connectivity index is 2.81. The van der Waals surface area contributed by atoms with Crippen LogP contribution >= 0.6 is 0 Å². The number of aliphatic hydroxyl groups excluding tert-OH is 1. The Kier molecular flexibility index (Phi) is 3.96. The van der Waals surface area contributed by atoms with Gasteiger partial charge in [0, 0.05) is 11.3 Å². The van der Waals surface area contributed by atoms with Crippen LogP contribution in [0, 0.1) is 10.1 Å². The largest absolute Gasteiger partial charge is 0.479 e. The van der Waals surface area contributed by atoms with Crippen molar-refractivity contribution in [2.45, 2.75) is 18.6 Å². The van der Waals surface area contributed by atoms with Crippen molar-refractivity contribution in [2.24, 2.45) is 0 Å². The van der Waals surface area contributed by atoms with Crippen molar-refractivity contribution in [1.82, 2.24) is 0 Å². The number of carbonyl (C=O) groups is 1. The molecule has 0 saturated heterocycles. The van der Waals surface area contributed by atoms with E-state index in [0.29, 0.717) is 5.56 Å². The van der Waals surface area contributed by atoms with Crippen molar-refractivity contribution in [3.05, 3.63) is 46.0 Å². The zero-order valence-electron chi connectivity index (χ0n) is 8.31. The molecule has 1 aromatic carbocycles. The Morgan fingerprint density at radius 1 is 1.38 bits per heavy atom. The molecule has 16 heavy (non-hydrogen) atoms. The Morgan fingerprint density at radius 2 is 1.94 bits per heavy atom. The van der Waals surface area contributed by atoms with E-state index < -0.39 is 23.0 Å². The molecular weight excluding hydrogens is 214 g/mol. The van der Waals surface area contributed by atoms with Gasteiger partial charge in [-0.2, -0.15) is 0 Å². The maximum absolute atomic E-state index is 10.6. The topological polar surface area (TPSA) is 101 Å². The van der Waals surface area contributed by atoms with E-state index in [9.17, 15) is 20.0 Å². The third-order valence-electron chi connectivity index (χ3n) is 2.18. The Bertz CT molecular complexity index is 378. The van der Waals surface area contributed by atoms with Gasteiger partial charge in [0.1, 0.15) is 0 Å². The second-order valence-corrected chi connectivity index (χ2v) is 3.33. The molecule has 2 N–H and O–H groups in total. The summed E-state index contributed by atoms with van der Waals surface area (Å²) in [5, 5.41) is 28.3. The molecule has 0 spiro atoms. The minimum Gasteiger partial charge on any atom is -0.479 e. The minimum absolute atomic E-state index is 0.110. The SMILES string of the molecule is O=C(O)[C@@H](O)[C@@H](Cc1ccccc1)[N+](=O)[O-]. The van der Waals surface area contributed by atoms with Crippen LogP contribution in [0.4, 0.5) is 0 Å². The number of hydrogen-bond donors (Lipinski definition) is 2. The fourth-order valence-corrected chi connectivity index (χ4v) is 1.32. The number of rotatable bonds is 5. The number of nitro groups is 1. The molecule has 0 saturated carbocycles. The standard InChI is InChI=1S/C10H11NO5/c12-9(10(13)14)8(11(15)16)6-7-4-2-1-3-5-7/h1-5,8-9,12H,6H2,(H,13,14)/t8-,9+/m1/s1. The highest BCUT2D eigenvalue weighted by Gasteiger charge is 2.35. The molecule has 6 nitrogen and oxygen atoms in total. The van der Waals surface area contributed by atoms with Crippen LogP contribution in [0.1, 0.15) is 5.56 Å². The summed E-state index contributed by atoms with van der Waals surface area (Å²) < 4.78 is 0. The van der Waals surface area contributed by atoms with Crippen molar-refractivity contribution < 1.29 is 19.9 Å². The lowest BCUT2D eigenvalue weighted by molar-refractivity contribution is -0.531. The van der Waals surface area contributed by atoms with Crippen LogP contribution in [0.25, 0.3) is 0 Å². The van der Waals surface area contributed by atoms with Crippen LogP contribution in [-0.2, 0) is 11.2 Å². The maximum atomic E-state index is 10.6. The molecule has 0 aliphatic carbocycles. The number of aliphatic hydroxyl groups is 1. The van der Waals surface area contributed by atoms with E-state index in [0.717, 1.165) is 0 Å². The van der Waals surface area contributed by atoms with Gasteiger partial charge in [-0.25, -0.2) is 4.79 Å². The van der Waals surface area contributed by atoms with E-state index in [-0.39, 0.29) is 6.42 Å². The van der Waals surface area contributed by atoms with Gasteiger partial charge in [0.25, 0.3) is 6.04 Å². The summed E-state index contributed by atoms with van der Waals surface area (Å²) in [7, 11) is 0. The molecule has 0 amide bonds. The molecule has 1 rings (SSSR count). The first-order chi connectivity index (χ1) is 7.52. The molecule has 0 unspecified atom stereocenters. The fraction of sp³-hybridized carbons (Fsp3) is 0.300. The highest BCUT2D eigenvalue weighted by molar-refractivity contribution is 5.72. The number of nitrogens with zero attached hydrogens (tertiary/aromatic N) is 1. The van der Waals surface area contributed by atoms with E-state index in [1.807, 2.05) is 0 Å². The van der Waals surface area contributed by atoms with Crippen LogP contribution in [0.5, 0.6) is 0 Å². The second kappa shape index (κ2) is 5.22. The molecule has 86 valence electrons. The summed E-state index contributed by atoms with van der Waals surface area (Å²) in [6, 6.07) is 6.90. The number of benzene rings is 1. The predicted molar refractivity (Wildman–Crippen MR) is 54.6 cm³/mol. The van der Waals surface area contributed by atoms with Crippen molar-refractivity contribution >= 4 is 5.97 Å². The van der Waals surface area contributed by atoms with Gasteiger partial charge in [0.15, 0.2) is 0 Å². The van der Waals surface area contributed by atoms with Gasteiger partial charge in [-0.05, 0) is 5.56 Å². The van der Waals surface area contributed by atoms with Crippen LogP contribution in [0.15, 0.2) is 30.3 Å². The van der Waals surface area contributed by atoms with Gasteiger partial charge in [-0.3, -0.25) is 10.1 Å². The van der Waals surface area contributed by atoms with Gasteiger partial charge in [0.2, 0.25) is 6.10 Å². The van der Waals surface area contributed by atoms with E-state index in [2.05, 4.69) is 0 Å².